The Kier molecular flexibility index (Phi) is 4.25. The van der Waals surface area contributed by atoms with Crippen LogP contribution in [0.4, 0.5) is 0 Å². The number of nitrogens with one attached hydrogen (secondary N) is 1. The number of nitrogens with zero attached hydrogens (tertiary/aromatic N) is 1. The zero-order chi connectivity index (χ0) is 7.98. The molecule has 0 rings (SSSR count). The Balaban J connectivity index is 3.33. The van der Waals surface area contributed by atoms with E-state index in [0.717, 1.165) is 0 Å². The molecule has 0 unspecified atom stereocenters. The summed E-state index contributed by atoms with van der Waals surface area (Å²) in [6.45, 7) is 3.37. The van der Waals surface area contributed by atoms with Gasteiger partial charge in [-0.1, -0.05) is 13.8 Å². The van der Waals surface area contributed by atoms with Crippen LogP contribution in [-0.2, 0) is 9.63 Å². The molecule has 0 bridgehead atoms. The maximum atomic E-state index is 10.7. The first-order valence-corrected chi connectivity index (χ1v) is 2.97. The van der Waals surface area contributed by atoms with Crippen molar-refractivity contribution >= 4 is 5.91 Å². The highest BCUT2D eigenvalue weighted by Gasteiger charge is 2.04. The van der Waals surface area contributed by atoms with Crippen LogP contribution in [0.15, 0.2) is 0 Å². The first-order valence-electron chi connectivity index (χ1n) is 2.97. The Morgan fingerprint density at radius 1 is 1.80 bits per heavy atom. The van der Waals surface area contributed by atoms with E-state index in [4.69, 9.17) is 5.26 Å². The number of nitriles is 1. The molecular formula is C6H10N2O2. The van der Waals surface area contributed by atoms with Crippen LogP contribution in [0.3, 0.4) is 0 Å². The molecule has 0 aliphatic rings. The molecule has 0 heterocycles. The summed E-state index contributed by atoms with van der Waals surface area (Å²) in [6, 6.07) is 1.73. The highest BCUT2D eigenvalue weighted by molar-refractivity contribution is 5.76. The fourth-order valence-electron chi connectivity index (χ4n) is 0.257. The molecule has 0 saturated heterocycles. The standard InChI is InChI=1S/C6H10N2O2/c1-5(2)6(9)8-10-4-3-7/h5H,4H2,1-2H3,(H,8,9). The molecule has 0 aliphatic carbocycles. The molecule has 1 N–H and O–H groups in total. The van der Waals surface area contributed by atoms with Gasteiger partial charge in [0.1, 0.15) is 0 Å². The van der Waals surface area contributed by atoms with E-state index >= 15 is 0 Å². The topological polar surface area (TPSA) is 62.1 Å². The Morgan fingerprint density at radius 3 is 2.80 bits per heavy atom. The lowest BCUT2D eigenvalue weighted by Gasteiger charge is -2.03. The van der Waals surface area contributed by atoms with Crippen LogP contribution in [0.1, 0.15) is 13.8 Å². The molecule has 0 saturated carbocycles. The van der Waals surface area contributed by atoms with Crippen LogP contribution in [0.25, 0.3) is 0 Å². The minimum Gasteiger partial charge on any atom is -0.273 e. The molecular weight excluding hydrogens is 132 g/mol. The van der Waals surface area contributed by atoms with E-state index in [2.05, 4.69) is 10.3 Å². The van der Waals surface area contributed by atoms with Crippen LogP contribution in [0.2, 0.25) is 0 Å². The summed E-state index contributed by atoms with van der Waals surface area (Å²) in [4.78, 5) is 15.1. The fourth-order valence-corrected chi connectivity index (χ4v) is 0.257. The number of rotatable bonds is 3. The molecule has 0 radical (unpaired) electrons. The Bertz CT molecular complexity index is 148. The Morgan fingerprint density at radius 2 is 2.40 bits per heavy atom. The van der Waals surface area contributed by atoms with Crippen LogP contribution in [0.5, 0.6) is 0 Å². The number of amides is 1. The molecule has 0 aromatic heterocycles. The molecule has 0 fully saturated rings. The third-order valence-corrected chi connectivity index (χ3v) is 0.834. The van der Waals surface area contributed by atoms with Gasteiger partial charge in [-0.25, -0.2) is 5.48 Å². The predicted molar refractivity (Wildman–Crippen MR) is 34.5 cm³/mol. The highest BCUT2D eigenvalue weighted by atomic mass is 16.6. The maximum absolute atomic E-state index is 10.7. The third kappa shape index (κ3) is 3.87. The van der Waals surface area contributed by atoms with Crippen molar-refractivity contribution in [2.45, 2.75) is 13.8 Å². The monoisotopic (exact) mass is 142 g/mol. The lowest BCUT2D eigenvalue weighted by Crippen LogP contribution is -2.27. The molecule has 56 valence electrons. The van der Waals surface area contributed by atoms with Gasteiger partial charge in [0.05, 0.1) is 6.07 Å². The minimum absolute atomic E-state index is 0.112. The zero-order valence-corrected chi connectivity index (χ0v) is 6.05. The number of hydroxylamine groups is 1. The van der Waals surface area contributed by atoms with Gasteiger partial charge in [-0.3, -0.25) is 9.63 Å². The highest BCUT2D eigenvalue weighted by Crippen LogP contribution is 1.89. The maximum Gasteiger partial charge on any atom is 0.246 e. The van der Waals surface area contributed by atoms with E-state index in [1.54, 1.807) is 19.9 Å². The summed E-state index contributed by atoms with van der Waals surface area (Å²) in [6.07, 6.45) is 0. The SMILES string of the molecule is CC(C)C(=O)NOCC#N. The number of hydrogen-bond donors (Lipinski definition) is 1. The first kappa shape index (κ1) is 8.92. The molecule has 0 aromatic carbocycles. The lowest BCUT2D eigenvalue weighted by molar-refractivity contribution is -0.135. The van der Waals surface area contributed by atoms with E-state index in [1.807, 2.05) is 0 Å². The summed E-state index contributed by atoms with van der Waals surface area (Å²) < 4.78 is 0. The third-order valence-electron chi connectivity index (χ3n) is 0.834. The van der Waals surface area contributed by atoms with Crippen molar-refractivity contribution in [1.82, 2.24) is 5.48 Å². The molecule has 0 spiro atoms. The fraction of sp³-hybridized carbons (Fsp3) is 0.667. The van der Waals surface area contributed by atoms with Crippen molar-refractivity contribution in [3.05, 3.63) is 0 Å². The molecule has 0 atom stereocenters. The summed E-state index contributed by atoms with van der Waals surface area (Å²) in [5, 5.41) is 7.99. The van der Waals surface area contributed by atoms with Gasteiger partial charge in [0.25, 0.3) is 0 Å². The lowest BCUT2D eigenvalue weighted by atomic mass is 10.2. The van der Waals surface area contributed by atoms with E-state index in [1.165, 1.54) is 0 Å². The number of hydrogen-bond acceptors (Lipinski definition) is 3. The van der Waals surface area contributed by atoms with Gasteiger partial charge in [-0.05, 0) is 0 Å². The predicted octanol–water partition coefficient (Wildman–Crippen LogP) is 0.214. The number of carbonyl (C=O) groups is 1. The summed E-state index contributed by atoms with van der Waals surface area (Å²) in [7, 11) is 0. The summed E-state index contributed by atoms with van der Waals surface area (Å²) >= 11 is 0. The van der Waals surface area contributed by atoms with Crippen LogP contribution >= 0.6 is 0 Å². The van der Waals surface area contributed by atoms with Gasteiger partial charge in [0.15, 0.2) is 6.61 Å². The molecule has 0 aromatic rings. The Labute approximate surface area is 59.7 Å². The van der Waals surface area contributed by atoms with Crippen molar-refractivity contribution in [3.63, 3.8) is 0 Å². The van der Waals surface area contributed by atoms with Crippen molar-refractivity contribution in [2.24, 2.45) is 5.92 Å². The van der Waals surface area contributed by atoms with Gasteiger partial charge in [-0.15, -0.1) is 0 Å². The van der Waals surface area contributed by atoms with E-state index in [-0.39, 0.29) is 18.4 Å². The zero-order valence-electron chi connectivity index (χ0n) is 6.05. The minimum atomic E-state index is -0.213. The van der Waals surface area contributed by atoms with E-state index in [9.17, 15) is 4.79 Å². The average molecular weight is 142 g/mol. The van der Waals surface area contributed by atoms with E-state index < -0.39 is 0 Å². The van der Waals surface area contributed by atoms with Crippen LogP contribution in [0, 0.1) is 17.2 Å². The van der Waals surface area contributed by atoms with Gasteiger partial charge in [0, 0.05) is 5.92 Å². The summed E-state index contributed by atoms with van der Waals surface area (Å²) in [5.41, 5.74) is 2.12. The largest absolute Gasteiger partial charge is 0.273 e. The van der Waals surface area contributed by atoms with E-state index in [0.29, 0.717) is 0 Å². The Hall–Kier alpha value is -1.08. The van der Waals surface area contributed by atoms with Gasteiger partial charge in [0.2, 0.25) is 5.91 Å². The summed E-state index contributed by atoms with van der Waals surface area (Å²) in [5.74, 6) is -0.325. The average Bonchev–Trinajstić information content (AvgIpc) is 1.88. The van der Waals surface area contributed by atoms with Crippen LogP contribution in [-0.4, -0.2) is 12.5 Å². The van der Waals surface area contributed by atoms with Crippen molar-refractivity contribution in [3.8, 4) is 6.07 Å². The van der Waals surface area contributed by atoms with Gasteiger partial charge >= 0.3 is 0 Å². The molecule has 4 heteroatoms. The first-order chi connectivity index (χ1) is 4.68. The van der Waals surface area contributed by atoms with Gasteiger partial charge in [-0.2, -0.15) is 5.26 Å². The second-order valence-corrected chi connectivity index (χ2v) is 2.07. The second-order valence-electron chi connectivity index (χ2n) is 2.07. The smallest absolute Gasteiger partial charge is 0.246 e. The van der Waals surface area contributed by atoms with Crippen LogP contribution < -0.4 is 5.48 Å². The molecule has 10 heavy (non-hydrogen) atoms. The van der Waals surface area contributed by atoms with Crippen molar-refractivity contribution in [1.29, 1.82) is 5.26 Å². The normalized spacial score (nSPS) is 9.00. The molecule has 0 aliphatic heterocycles. The quantitative estimate of drug-likeness (QED) is 0.452. The number of carbonyl (C=O) groups excluding carboxylic acids is 1. The molecule has 4 nitrogen and oxygen atoms in total. The van der Waals surface area contributed by atoms with Crippen molar-refractivity contribution in [2.75, 3.05) is 6.61 Å². The van der Waals surface area contributed by atoms with Gasteiger partial charge < -0.3 is 0 Å². The molecule has 1 amide bonds. The second kappa shape index (κ2) is 4.77. The van der Waals surface area contributed by atoms with Crippen molar-refractivity contribution < 1.29 is 9.63 Å².